The SMILES string of the molecule is CNc1nc(N2CCCC(CO)C2)c(F)cc1F. The first kappa shape index (κ1) is 13.0. The van der Waals surface area contributed by atoms with Crippen LogP contribution in [0.5, 0.6) is 0 Å². The van der Waals surface area contributed by atoms with Gasteiger partial charge in [0.1, 0.15) is 0 Å². The first-order chi connectivity index (χ1) is 8.65. The average molecular weight is 257 g/mol. The van der Waals surface area contributed by atoms with E-state index in [1.165, 1.54) is 0 Å². The molecule has 6 heteroatoms. The lowest BCUT2D eigenvalue weighted by molar-refractivity contribution is 0.208. The predicted octanol–water partition coefficient (Wildman–Crippen LogP) is 1.61. The molecule has 1 saturated heterocycles. The number of halogens is 2. The third-order valence-electron chi connectivity index (χ3n) is 3.22. The first-order valence-corrected chi connectivity index (χ1v) is 6.05. The lowest BCUT2D eigenvalue weighted by Crippen LogP contribution is -2.38. The number of hydrogen-bond donors (Lipinski definition) is 2. The monoisotopic (exact) mass is 257 g/mol. The van der Waals surface area contributed by atoms with Crippen LogP contribution in [0, 0.1) is 17.6 Å². The maximum atomic E-state index is 13.7. The zero-order valence-electron chi connectivity index (χ0n) is 10.3. The summed E-state index contributed by atoms with van der Waals surface area (Å²) in [4.78, 5) is 5.73. The highest BCUT2D eigenvalue weighted by molar-refractivity contribution is 5.49. The van der Waals surface area contributed by atoms with Gasteiger partial charge < -0.3 is 15.3 Å². The van der Waals surface area contributed by atoms with E-state index in [1.807, 2.05) is 0 Å². The van der Waals surface area contributed by atoms with E-state index in [0.717, 1.165) is 18.9 Å². The average Bonchev–Trinajstić information content (AvgIpc) is 2.39. The van der Waals surface area contributed by atoms with E-state index in [2.05, 4.69) is 10.3 Å². The molecule has 0 spiro atoms. The number of aromatic nitrogens is 1. The van der Waals surface area contributed by atoms with E-state index in [-0.39, 0.29) is 24.2 Å². The molecule has 18 heavy (non-hydrogen) atoms. The molecule has 2 heterocycles. The molecule has 1 aliphatic rings. The van der Waals surface area contributed by atoms with E-state index in [1.54, 1.807) is 11.9 Å². The predicted molar refractivity (Wildman–Crippen MR) is 65.7 cm³/mol. The highest BCUT2D eigenvalue weighted by atomic mass is 19.1. The topological polar surface area (TPSA) is 48.4 Å². The Morgan fingerprint density at radius 2 is 2.28 bits per heavy atom. The molecule has 1 fully saturated rings. The number of nitrogens with zero attached hydrogens (tertiary/aromatic N) is 2. The Hall–Kier alpha value is -1.43. The fourth-order valence-corrected chi connectivity index (χ4v) is 2.26. The van der Waals surface area contributed by atoms with Crippen molar-refractivity contribution >= 4 is 11.6 Å². The molecule has 2 N–H and O–H groups in total. The molecule has 4 nitrogen and oxygen atoms in total. The standard InChI is InChI=1S/C12H17F2N3O/c1-15-11-9(13)5-10(14)12(16-11)17-4-2-3-8(6-17)7-18/h5,8,18H,2-4,6-7H2,1H3,(H,15,16). The summed E-state index contributed by atoms with van der Waals surface area (Å²) in [5.41, 5.74) is 0. The summed E-state index contributed by atoms with van der Waals surface area (Å²) in [6, 6.07) is 0.844. The lowest BCUT2D eigenvalue weighted by Gasteiger charge is -2.33. The number of hydrogen-bond acceptors (Lipinski definition) is 4. The third kappa shape index (κ3) is 2.53. The molecule has 0 radical (unpaired) electrons. The smallest absolute Gasteiger partial charge is 0.168 e. The number of anilines is 2. The molecule has 1 aliphatic heterocycles. The number of aliphatic hydroxyl groups is 1. The van der Waals surface area contributed by atoms with E-state index in [0.29, 0.717) is 13.1 Å². The summed E-state index contributed by atoms with van der Waals surface area (Å²) in [6.07, 6.45) is 1.80. The van der Waals surface area contributed by atoms with Crippen molar-refractivity contribution in [2.24, 2.45) is 5.92 Å². The van der Waals surface area contributed by atoms with Crippen LogP contribution in [0.15, 0.2) is 6.07 Å². The number of rotatable bonds is 3. The van der Waals surface area contributed by atoms with Crippen LogP contribution >= 0.6 is 0 Å². The third-order valence-corrected chi connectivity index (χ3v) is 3.22. The molecule has 1 aromatic heterocycles. The van der Waals surface area contributed by atoms with Crippen molar-refractivity contribution < 1.29 is 13.9 Å². The molecular formula is C12H17F2N3O. The van der Waals surface area contributed by atoms with Crippen molar-refractivity contribution in [3.05, 3.63) is 17.7 Å². The van der Waals surface area contributed by atoms with Crippen molar-refractivity contribution in [3.63, 3.8) is 0 Å². The Morgan fingerprint density at radius 1 is 1.50 bits per heavy atom. The van der Waals surface area contributed by atoms with E-state index < -0.39 is 11.6 Å². The number of aliphatic hydroxyl groups excluding tert-OH is 1. The highest BCUT2D eigenvalue weighted by Crippen LogP contribution is 2.26. The molecule has 0 bridgehead atoms. The van der Waals surface area contributed by atoms with Crippen LogP contribution in [0.25, 0.3) is 0 Å². The van der Waals surface area contributed by atoms with Crippen molar-refractivity contribution in [1.29, 1.82) is 0 Å². The van der Waals surface area contributed by atoms with Crippen molar-refractivity contribution in [2.75, 3.05) is 37.0 Å². The number of nitrogens with one attached hydrogen (secondary N) is 1. The molecule has 1 atom stereocenters. The minimum absolute atomic E-state index is 0.0394. The fourth-order valence-electron chi connectivity index (χ4n) is 2.26. The van der Waals surface area contributed by atoms with Gasteiger partial charge in [0.15, 0.2) is 23.3 Å². The molecule has 100 valence electrons. The molecular weight excluding hydrogens is 240 g/mol. The van der Waals surface area contributed by atoms with Crippen LogP contribution in [-0.4, -0.2) is 36.8 Å². The number of piperidine rings is 1. The quantitative estimate of drug-likeness (QED) is 0.863. The second kappa shape index (κ2) is 5.48. The summed E-state index contributed by atoms with van der Waals surface area (Å²) in [5.74, 6) is -1.04. The molecule has 0 saturated carbocycles. The highest BCUT2D eigenvalue weighted by Gasteiger charge is 2.23. The zero-order valence-corrected chi connectivity index (χ0v) is 10.3. The molecule has 0 aliphatic carbocycles. The van der Waals surface area contributed by atoms with Gasteiger partial charge >= 0.3 is 0 Å². The second-order valence-electron chi connectivity index (χ2n) is 4.51. The molecule has 0 amide bonds. The normalized spacial score (nSPS) is 20.0. The van der Waals surface area contributed by atoms with Crippen LogP contribution in [0.1, 0.15) is 12.8 Å². The van der Waals surface area contributed by atoms with Gasteiger partial charge in [-0.05, 0) is 18.8 Å². The first-order valence-electron chi connectivity index (χ1n) is 6.05. The fraction of sp³-hybridized carbons (Fsp3) is 0.583. The van der Waals surface area contributed by atoms with Crippen LogP contribution in [0.4, 0.5) is 20.4 Å². The van der Waals surface area contributed by atoms with Crippen molar-refractivity contribution in [3.8, 4) is 0 Å². The van der Waals surface area contributed by atoms with Crippen LogP contribution in [0.2, 0.25) is 0 Å². The molecule has 1 aromatic rings. The number of pyridine rings is 1. The van der Waals surface area contributed by atoms with Gasteiger partial charge in [0, 0.05) is 32.8 Å². The van der Waals surface area contributed by atoms with Crippen LogP contribution in [0.3, 0.4) is 0 Å². The van der Waals surface area contributed by atoms with E-state index in [4.69, 9.17) is 5.11 Å². The molecule has 1 unspecified atom stereocenters. The van der Waals surface area contributed by atoms with E-state index in [9.17, 15) is 8.78 Å². The maximum Gasteiger partial charge on any atom is 0.168 e. The Kier molecular flexibility index (Phi) is 3.96. The lowest BCUT2D eigenvalue weighted by atomic mass is 9.99. The molecule has 2 rings (SSSR count). The maximum absolute atomic E-state index is 13.7. The van der Waals surface area contributed by atoms with E-state index >= 15 is 0 Å². The molecule has 0 aromatic carbocycles. The Labute approximate surface area is 105 Å². The summed E-state index contributed by atoms with van der Waals surface area (Å²) in [6.45, 7) is 1.31. The largest absolute Gasteiger partial charge is 0.396 e. The summed E-state index contributed by atoms with van der Waals surface area (Å²) >= 11 is 0. The Balaban J connectivity index is 2.26. The second-order valence-corrected chi connectivity index (χ2v) is 4.51. The zero-order chi connectivity index (χ0) is 13.1. The van der Waals surface area contributed by atoms with Gasteiger partial charge in [-0.1, -0.05) is 0 Å². The van der Waals surface area contributed by atoms with Crippen LogP contribution in [-0.2, 0) is 0 Å². The summed E-state index contributed by atoms with van der Waals surface area (Å²) in [7, 11) is 1.54. The van der Waals surface area contributed by atoms with Gasteiger partial charge in [0.05, 0.1) is 0 Å². The minimum atomic E-state index is -0.700. The van der Waals surface area contributed by atoms with Gasteiger partial charge in [0.25, 0.3) is 0 Å². The van der Waals surface area contributed by atoms with Crippen LogP contribution < -0.4 is 10.2 Å². The van der Waals surface area contributed by atoms with Gasteiger partial charge in [-0.25, -0.2) is 13.8 Å². The van der Waals surface area contributed by atoms with Gasteiger partial charge in [-0.2, -0.15) is 0 Å². The van der Waals surface area contributed by atoms with Gasteiger partial charge in [0.2, 0.25) is 0 Å². The van der Waals surface area contributed by atoms with Crippen molar-refractivity contribution in [2.45, 2.75) is 12.8 Å². The Morgan fingerprint density at radius 3 is 2.94 bits per heavy atom. The van der Waals surface area contributed by atoms with Gasteiger partial charge in [-0.3, -0.25) is 0 Å². The summed E-state index contributed by atoms with van der Waals surface area (Å²) < 4.78 is 27.1. The van der Waals surface area contributed by atoms with Crippen molar-refractivity contribution in [1.82, 2.24) is 4.98 Å². The Bertz CT molecular complexity index is 428. The summed E-state index contributed by atoms with van der Waals surface area (Å²) in [5, 5.41) is 11.8. The minimum Gasteiger partial charge on any atom is -0.396 e. The van der Waals surface area contributed by atoms with Gasteiger partial charge in [-0.15, -0.1) is 0 Å².